The van der Waals surface area contributed by atoms with E-state index >= 15 is 0 Å². The van der Waals surface area contributed by atoms with E-state index < -0.39 is 6.23 Å². The molecule has 3 N–H and O–H groups in total. The van der Waals surface area contributed by atoms with Crippen LogP contribution in [-0.4, -0.2) is 27.4 Å². The minimum atomic E-state index is -1.04. The van der Waals surface area contributed by atoms with E-state index in [-0.39, 0.29) is 23.9 Å². The molecule has 0 saturated carbocycles. The van der Waals surface area contributed by atoms with Crippen LogP contribution in [0.5, 0.6) is 5.75 Å². The number of para-hydroxylation sites is 1. The van der Waals surface area contributed by atoms with Crippen molar-refractivity contribution in [2.45, 2.75) is 38.0 Å². The predicted molar refractivity (Wildman–Crippen MR) is 106 cm³/mol. The van der Waals surface area contributed by atoms with Gasteiger partial charge in [0.1, 0.15) is 12.0 Å². The van der Waals surface area contributed by atoms with Gasteiger partial charge in [0.25, 0.3) is 5.56 Å². The number of fused-ring (bicyclic) bond motifs is 2. The van der Waals surface area contributed by atoms with Crippen molar-refractivity contribution in [1.82, 2.24) is 9.88 Å². The molecule has 1 atom stereocenters. The molecule has 140 valence electrons. The summed E-state index contributed by atoms with van der Waals surface area (Å²) in [7, 11) is 0. The van der Waals surface area contributed by atoms with Gasteiger partial charge in [0.15, 0.2) is 0 Å². The van der Waals surface area contributed by atoms with E-state index in [1.165, 1.54) is 27.8 Å². The van der Waals surface area contributed by atoms with Crippen LogP contribution in [0.1, 0.15) is 30.2 Å². The molecule has 0 saturated heterocycles. The Kier molecular flexibility index (Phi) is 4.97. The number of aromatic hydroxyl groups is 1. The molecule has 1 aliphatic carbocycles. The lowest BCUT2D eigenvalue weighted by Crippen LogP contribution is -2.37. The van der Waals surface area contributed by atoms with Crippen molar-refractivity contribution in [3.63, 3.8) is 0 Å². The summed E-state index contributed by atoms with van der Waals surface area (Å²) in [5.41, 5.74) is 2.84. The fraction of sp³-hybridized carbons (Fsp3) is 0.318. The first kappa shape index (κ1) is 17.8. The molecule has 0 aliphatic heterocycles. The average molecular weight is 364 g/mol. The molecular formula is C22H24N2O3. The van der Waals surface area contributed by atoms with Crippen molar-refractivity contribution in [2.75, 3.05) is 6.54 Å². The number of nitrogens with one attached hydrogen (secondary N) is 1. The smallest absolute Gasteiger partial charge is 0.253 e. The third-order valence-electron chi connectivity index (χ3n) is 5.46. The van der Waals surface area contributed by atoms with Gasteiger partial charge in [-0.2, -0.15) is 0 Å². The second-order valence-corrected chi connectivity index (χ2v) is 7.19. The van der Waals surface area contributed by atoms with Crippen LogP contribution in [0.25, 0.3) is 10.9 Å². The molecule has 1 aromatic heterocycles. The van der Waals surface area contributed by atoms with Crippen LogP contribution in [-0.2, 0) is 12.8 Å². The molecule has 27 heavy (non-hydrogen) atoms. The van der Waals surface area contributed by atoms with Crippen molar-refractivity contribution in [3.05, 3.63) is 76.1 Å². The Bertz CT molecular complexity index is 985. The second kappa shape index (κ2) is 7.55. The van der Waals surface area contributed by atoms with Crippen LogP contribution in [0.15, 0.2) is 59.4 Å². The van der Waals surface area contributed by atoms with Gasteiger partial charge in [0.2, 0.25) is 0 Å². The zero-order valence-electron chi connectivity index (χ0n) is 15.1. The Balaban J connectivity index is 1.49. The van der Waals surface area contributed by atoms with Crippen LogP contribution in [0.2, 0.25) is 0 Å². The number of hydrogen-bond acceptors (Lipinski definition) is 4. The lowest BCUT2D eigenvalue weighted by atomic mass is 10.0. The Hall–Kier alpha value is -2.63. The summed E-state index contributed by atoms with van der Waals surface area (Å²) in [5.74, 6) is -0.00540. The number of aryl methyl sites for hydroxylation is 2. The van der Waals surface area contributed by atoms with E-state index in [9.17, 15) is 15.0 Å². The van der Waals surface area contributed by atoms with Crippen LogP contribution in [0.3, 0.4) is 0 Å². The maximum Gasteiger partial charge on any atom is 0.253 e. The molecular weight excluding hydrogens is 340 g/mol. The maximum atomic E-state index is 12.3. The number of benzene rings is 2. The van der Waals surface area contributed by atoms with Gasteiger partial charge in [-0.25, -0.2) is 0 Å². The highest BCUT2D eigenvalue weighted by molar-refractivity contribution is 5.84. The lowest BCUT2D eigenvalue weighted by Gasteiger charge is -2.22. The van der Waals surface area contributed by atoms with Gasteiger partial charge in [0.05, 0.1) is 5.52 Å². The number of aliphatic hydroxyl groups is 1. The Labute approximate surface area is 157 Å². The average Bonchev–Trinajstić information content (AvgIpc) is 2.89. The third-order valence-corrected chi connectivity index (χ3v) is 5.46. The van der Waals surface area contributed by atoms with Crippen LogP contribution >= 0.6 is 0 Å². The van der Waals surface area contributed by atoms with Gasteiger partial charge < -0.3 is 15.5 Å². The SMILES string of the molecule is O=c1ccc2cccc(O)c2n1[C@H](O)CNC1CCc2ccccc2CC1. The van der Waals surface area contributed by atoms with Gasteiger partial charge in [-0.05, 0) is 48.9 Å². The first-order valence-corrected chi connectivity index (χ1v) is 9.45. The number of rotatable bonds is 4. The maximum absolute atomic E-state index is 12.3. The number of phenolic OH excluding ortho intramolecular Hbond substituents is 1. The Morgan fingerprint density at radius 2 is 1.70 bits per heavy atom. The zero-order valence-corrected chi connectivity index (χ0v) is 15.1. The number of aliphatic hydroxyl groups excluding tert-OH is 1. The first-order chi connectivity index (χ1) is 13.1. The second-order valence-electron chi connectivity index (χ2n) is 7.19. The van der Waals surface area contributed by atoms with Gasteiger partial charge >= 0.3 is 0 Å². The van der Waals surface area contributed by atoms with Crippen molar-refractivity contribution >= 4 is 10.9 Å². The van der Waals surface area contributed by atoms with E-state index in [0.29, 0.717) is 5.52 Å². The number of aromatic nitrogens is 1. The fourth-order valence-corrected chi connectivity index (χ4v) is 4.01. The molecule has 0 spiro atoms. The minimum absolute atomic E-state index is 0.00540. The molecule has 0 bridgehead atoms. The number of pyridine rings is 1. The van der Waals surface area contributed by atoms with E-state index in [4.69, 9.17) is 0 Å². The van der Waals surface area contributed by atoms with Crippen molar-refractivity contribution < 1.29 is 10.2 Å². The fourth-order valence-electron chi connectivity index (χ4n) is 4.01. The van der Waals surface area contributed by atoms with E-state index in [1.807, 2.05) is 6.07 Å². The van der Waals surface area contributed by atoms with Crippen molar-refractivity contribution in [3.8, 4) is 5.75 Å². The van der Waals surface area contributed by atoms with Gasteiger partial charge in [-0.1, -0.05) is 36.4 Å². The highest BCUT2D eigenvalue weighted by Crippen LogP contribution is 2.25. The summed E-state index contributed by atoms with van der Waals surface area (Å²) in [4.78, 5) is 12.3. The topological polar surface area (TPSA) is 74.5 Å². The summed E-state index contributed by atoms with van der Waals surface area (Å²) in [6.07, 6.45) is 2.98. The lowest BCUT2D eigenvalue weighted by molar-refractivity contribution is 0.0988. The van der Waals surface area contributed by atoms with E-state index in [1.54, 1.807) is 12.1 Å². The Morgan fingerprint density at radius 1 is 1.00 bits per heavy atom. The van der Waals surface area contributed by atoms with Crippen molar-refractivity contribution in [1.29, 1.82) is 0 Å². The molecule has 0 unspecified atom stereocenters. The number of nitrogens with zero attached hydrogens (tertiary/aromatic N) is 1. The Morgan fingerprint density at radius 3 is 2.41 bits per heavy atom. The highest BCUT2D eigenvalue weighted by Gasteiger charge is 2.19. The third kappa shape index (κ3) is 3.61. The monoisotopic (exact) mass is 364 g/mol. The summed E-state index contributed by atoms with van der Waals surface area (Å²) >= 11 is 0. The van der Waals surface area contributed by atoms with Gasteiger partial charge in [0, 0.05) is 24.0 Å². The molecule has 1 heterocycles. The highest BCUT2D eigenvalue weighted by atomic mass is 16.3. The van der Waals surface area contributed by atoms with E-state index in [2.05, 4.69) is 29.6 Å². The summed E-state index contributed by atoms with van der Waals surface area (Å²) in [6, 6.07) is 17.0. The summed E-state index contributed by atoms with van der Waals surface area (Å²) in [5, 5.41) is 25.0. The van der Waals surface area contributed by atoms with Crippen molar-refractivity contribution in [2.24, 2.45) is 0 Å². The molecule has 2 aromatic carbocycles. The van der Waals surface area contributed by atoms with Gasteiger partial charge in [-0.3, -0.25) is 9.36 Å². The number of phenols is 1. The molecule has 5 nitrogen and oxygen atoms in total. The summed E-state index contributed by atoms with van der Waals surface area (Å²) in [6.45, 7) is 0.258. The van der Waals surface area contributed by atoms with Crippen LogP contribution in [0.4, 0.5) is 0 Å². The van der Waals surface area contributed by atoms with Crippen LogP contribution < -0.4 is 10.9 Å². The standard InChI is InChI=1S/C22H24N2O3/c25-19-7-3-6-17-10-13-20(26)24(22(17)19)21(27)14-23-18-11-8-15-4-1-2-5-16(15)9-12-18/h1-7,10,13,18,21,23,25,27H,8-9,11-12,14H2/t21-/m1/s1. The molecule has 4 rings (SSSR count). The molecule has 3 aromatic rings. The quantitative estimate of drug-likeness (QED) is 0.623. The normalized spacial score (nSPS) is 16.0. The number of hydrogen-bond donors (Lipinski definition) is 3. The molecule has 0 radical (unpaired) electrons. The predicted octanol–water partition coefficient (Wildman–Crippen LogP) is 2.74. The molecule has 1 aliphatic rings. The van der Waals surface area contributed by atoms with Gasteiger partial charge in [-0.15, -0.1) is 0 Å². The molecule has 0 fully saturated rings. The minimum Gasteiger partial charge on any atom is -0.506 e. The van der Waals surface area contributed by atoms with E-state index in [0.717, 1.165) is 31.1 Å². The first-order valence-electron chi connectivity index (χ1n) is 9.45. The molecule has 5 heteroatoms. The zero-order chi connectivity index (χ0) is 18.8. The van der Waals surface area contributed by atoms with Crippen LogP contribution in [0, 0.1) is 0 Å². The largest absolute Gasteiger partial charge is 0.506 e. The summed E-state index contributed by atoms with van der Waals surface area (Å²) < 4.78 is 1.27. The molecule has 0 amide bonds.